The van der Waals surface area contributed by atoms with Crippen molar-refractivity contribution < 1.29 is 23.9 Å². The van der Waals surface area contributed by atoms with Crippen LogP contribution >= 0.6 is 11.6 Å². The molecular formula is C21H21ClN2O5. The molecule has 8 heteroatoms. The summed E-state index contributed by atoms with van der Waals surface area (Å²) in [4.78, 5) is 38.2. The molecule has 2 amide bonds. The third-order valence-electron chi connectivity index (χ3n) is 4.42. The second-order valence-electron chi connectivity index (χ2n) is 6.77. The number of rotatable bonds is 5. The Balaban J connectivity index is 1.61. The number of esters is 1. The number of amides is 2. The molecule has 0 saturated heterocycles. The summed E-state index contributed by atoms with van der Waals surface area (Å²) in [6.07, 6.45) is 0.142. The average Bonchev–Trinajstić information content (AvgIpc) is 2.81. The van der Waals surface area contributed by atoms with Crippen LogP contribution in [0.3, 0.4) is 0 Å². The minimum absolute atomic E-state index is 0.142. The Morgan fingerprint density at radius 3 is 2.76 bits per heavy atom. The highest BCUT2D eigenvalue weighted by molar-refractivity contribution is 6.32. The molecule has 1 N–H and O–H groups in total. The number of nitrogens with zero attached hydrogens (tertiary/aromatic N) is 1. The van der Waals surface area contributed by atoms with Gasteiger partial charge in [0.25, 0.3) is 5.91 Å². The fourth-order valence-corrected chi connectivity index (χ4v) is 3.25. The normalized spacial score (nSPS) is 15.8. The number of para-hydroxylation sites is 2. The molecule has 2 aromatic rings. The third kappa shape index (κ3) is 5.06. The molecule has 0 saturated carbocycles. The highest BCUT2D eigenvalue weighted by atomic mass is 35.5. The van der Waals surface area contributed by atoms with Crippen molar-refractivity contribution in [3.05, 3.63) is 53.1 Å². The Morgan fingerprint density at radius 1 is 1.21 bits per heavy atom. The largest absolute Gasteiger partial charge is 0.480 e. The Morgan fingerprint density at radius 2 is 1.97 bits per heavy atom. The first kappa shape index (κ1) is 20.7. The Kier molecular flexibility index (Phi) is 6.39. The molecule has 1 atom stereocenters. The van der Waals surface area contributed by atoms with Gasteiger partial charge in [-0.25, -0.2) is 4.79 Å². The molecule has 3 rings (SSSR count). The van der Waals surface area contributed by atoms with E-state index in [1.807, 2.05) is 13.0 Å². The van der Waals surface area contributed by atoms with Crippen molar-refractivity contribution in [2.24, 2.45) is 0 Å². The number of ether oxygens (including phenoxy) is 2. The van der Waals surface area contributed by atoms with Crippen LogP contribution in [-0.4, -0.2) is 37.0 Å². The van der Waals surface area contributed by atoms with Crippen molar-refractivity contribution >= 4 is 40.8 Å². The first-order valence-electron chi connectivity index (χ1n) is 9.10. The fraction of sp³-hybridized carbons (Fsp3) is 0.286. The average molecular weight is 417 g/mol. The number of nitrogens with one attached hydrogen (secondary N) is 1. The second-order valence-corrected chi connectivity index (χ2v) is 7.17. The lowest BCUT2D eigenvalue weighted by Gasteiger charge is -2.27. The summed E-state index contributed by atoms with van der Waals surface area (Å²) < 4.78 is 10.5. The van der Waals surface area contributed by atoms with E-state index >= 15 is 0 Å². The maximum atomic E-state index is 12.8. The molecule has 0 bridgehead atoms. The van der Waals surface area contributed by atoms with Gasteiger partial charge in [-0.2, -0.15) is 0 Å². The molecule has 0 aromatic heterocycles. The Labute approximate surface area is 173 Å². The number of carbonyl (C=O) groups excluding carboxylic acids is 3. The van der Waals surface area contributed by atoms with E-state index in [2.05, 4.69) is 5.32 Å². The van der Waals surface area contributed by atoms with Gasteiger partial charge in [0, 0.05) is 12.5 Å². The number of fused-ring (bicyclic) bond motifs is 1. The molecule has 2 aromatic carbocycles. The molecule has 1 aliphatic rings. The predicted octanol–water partition coefficient (Wildman–Crippen LogP) is 3.33. The summed E-state index contributed by atoms with van der Waals surface area (Å²) >= 11 is 6.03. The summed E-state index contributed by atoms with van der Waals surface area (Å²) in [5, 5.41) is 3.16. The van der Waals surface area contributed by atoms with E-state index in [-0.39, 0.29) is 25.0 Å². The van der Waals surface area contributed by atoms with E-state index in [9.17, 15) is 14.4 Å². The first-order chi connectivity index (χ1) is 13.8. The molecule has 0 spiro atoms. The monoisotopic (exact) mass is 416 g/mol. The molecule has 0 radical (unpaired) electrons. The molecular weight excluding hydrogens is 396 g/mol. The van der Waals surface area contributed by atoms with Gasteiger partial charge < -0.3 is 19.7 Å². The molecule has 0 unspecified atom stereocenters. The van der Waals surface area contributed by atoms with Gasteiger partial charge in [0.1, 0.15) is 5.75 Å². The first-order valence-corrected chi connectivity index (χ1v) is 9.48. The van der Waals surface area contributed by atoms with E-state index in [0.717, 1.165) is 5.56 Å². The lowest BCUT2D eigenvalue weighted by Crippen LogP contribution is -2.41. The van der Waals surface area contributed by atoms with E-state index in [0.29, 0.717) is 22.1 Å². The van der Waals surface area contributed by atoms with Crippen LogP contribution in [0.15, 0.2) is 42.5 Å². The topological polar surface area (TPSA) is 84.9 Å². The van der Waals surface area contributed by atoms with Crippen molar-refractivity contribution in [2.45, 2.75) is 26.3 Å². The summed E-state index contributed by atoms with van der Waals surface area (Å²) in [7, 11) is 0. The highest BCUT2D eigenvalue weighted by Gasteiger charge is 2.30. The summed E-state index contributed by atoms with van der Waals surface area (Å²) in [6, 6.07) is 11.8. The van der Waals surface area contributed by atoms with Gasteiger partial charge in [0.2, 0.25) is 5.91 Å². The fourth-order valence-electron chi connectivity index (χ4n) is 3.08. The molecule has 0 fully saturated rings. The standard InChI is InChI=1S/C21H21ClN2O5/c1-13-7-8-15(22)18(9-13)28-12-21(27)29-11-20(26)24-14(2)10-19(25)23-16-5-3-4-6-17(16)24/h3-9,14H,10-12H2,1-2H3,(H,23,25)/t14-/m0/s1. The lowest BCUT2D eigenvalue weighted by molar-refractivity contribution is -0.149. The van der Waals surface area contributed by atoms with Crippen LogP contribution in [0.25, 0.3) is 0 Å². The number of halogens is 1. The van der Waals surface area contributed by atoms with Crippen LogP contribution in [0.2, 0.25) is 5.02 Å². The van der Waals surface area contributed by atoms with Crippen LogP contribution in [0.1, 0.15) is 18.9 Å². The lowest BCUT2D eigenvalue weighted by atomic mass is 10.1. The van der Waals surface area contributed by atoms with E-state index in [1.165, 1.54) is 4.90 Å². The van der Waals surface area contributed by atoms with Gasteiger partial charge >= 0.3 is 5.97 Å². The van der Waals surface area contributed by atoms with E-state index < -0.39 is 18.5 Å². The molecule has 1 heterocycles. The van der Waals surface area contributed by atoms with Gasteiger partial charge in [0.05, 0.1) is 16.4 Å². The zero-order chi connectivity index (χ0) is 21.0. The van der Waals surface area contributed by atoms with E-state index in [4.69, 9.17) is 21.1 Å². The van der Waals surface area contributed by atoms with Crippen LogP contribution < -0.4 is 15.0 Å². The maximum Gasteiger partial charge on any atom is 0.344 e. The van der Waals surface area contributed by atoms with E-state index in [1.54, 1.807) is 43.3 Å². The molecule has 7 nitrogen and oxygen atoms in total. The van der Waals surface area contributed by atoms with Crippen molar-refractivity contribution in [1.29, 1.82) is 0 Å². The smallest absolute Gasteiger partial charge is 0.344 e. The molecule has 0 aliphatic carbocycles. The van der Waals surface area contributed by atoms with Crippen molar-refractivity contribution in [1.82, 2.24) is 0 Å². The summed E-state index contributed by atoms with van der Waals surface area (Å²) in [5.74, 6) is -0.931. The van der Waals surface area contributed by atoms with Gasteiger partial charge in [-0.15, -0.1) is 0 Å². The number of hydrogen-bond donors (Lipinski definition) is 1. The molecule has 29 heavy (non-hydrogen) atoms. The molecule has 152 valence electrons. The second kappa shape index (κ2) is 8.96. The van der Waals surface area contributed by atoms with Crippen LogP contribution in [0, 0.1) is 6.92 Å². The molecule has 1 aliphatic heterocycles. The SMILES string of the molecule is Cc1ccc(Cl)c(OCC(=O)OCC(=O)N2c3ccccc3NC(=O)C[C@@H]2C)c1. The van der Waals surface area contributed by atoms with Gasteiger partial charge in [-0.05, 0) is 43.7 Å². The Bertz CT molecular complexity index is 946. The van der Waals surface area contributed by atoms with Gasteiger partial charge in [-0.1, -0.05) is 29.8 Å². The van der Waals surface area contributed by atoms with Crippen molar-refractivity contribution in [2.75, 3.05) is 23.4 Å². The van der Waals surface area contributed by atoms with Gasteiger partial charge in [-0.3, -0.25) is 9.59 Å². The number of carbonyl (C=O) groups is 3. The quantitative estimate of drug-likeness (QED) is 0.755. The number of anilines is 2. The van der Waals surface area contributed by atoms with Crippen molar-refractivity contribution in [3.8, 4) is 5.75 Å². The maximum absolute atomic E-state index is 12.8. The minimum atomic E-state index is -0.694. The third-order valence-corrected chi connectivity index (χ3v) is 4.73. The van der Waals surface area contributed by atoms with Crippen molar-refractivity contribution in [3.63, 3.8) is 0 Å². The number of hydrogen-bond acceptors (Lipinski definition) is 5. The number of aryl methyl sites for hydroxylation is 1. The minimum Gasteiger partial charge on any atom is -0.480 e. The highest BCUT2D eigenvalue weighted by Crippen LogP contribution is 2.31. The number of benzene rings is 2. The van der Waals surface area contributed by atoms with Crippen LogP contribution in [-0.2, 0) is 19.1 Å². The predicted molar refractivity (Wildman–Crippen MR) is 109 cm³/mol. The zero-order valence-corrected chi connectivity index (χ0v) is 16.9. The van der Waals surface area contributed by atoms with Gasteiger partial charge in [0.15, 0.2) is 13.2 Å². The van der Waals surface area contributed by atoms with Crippen LogP contribution in [0.4, 0.5) is 11.4 Å². The van der Waals surface area contributed by atoms with Crippen LogP contribution in [0.5, 0.6) is 5.75 Å². The zero-order valence-electron chi connectivity index (χ0n) is 16.1. The summed E-state index contributed by atoms with van der Waals surface area (Å²) in [6.45, 7) is 2.81. The summed E-state index contributed by atoms with van der Waals surface area (Å²) in [5.41, 5.74) is 2.04. The Hall–Kier alpha value is -3.06.